The third-order valence-electron chi connectivity index (χ3n) is 4.36. The molecule has 0 aliphatic heterocycles. The molecular formula is C20H19FO3. The number of ether oxygens (including phenoxy) is 2. The summed E-state index contributed by atoms with van der Waals surface area (Å²) in [7, 11) is 2.85. The molecule has 0 N–H and O–H groups in total. The molecule has 0 radical (unpaired) electrons. The van der Waals surface area contributed by atoms with Crippen LogP contribution in [0.3, 0.4) is 0 Å². The maximum Gasteiger partial charge on any atom is 0.341 e. The monoisotopic (exact) mass is 326 g/mol. The van der Waals surface area contributed by atoms with E-state index in [9.17, 15) is 9.18 Å². The second-order valence-corrected chi connectivity index (χ2v) is 5.85. The first-order chi connectivity index (χ1) is 11.7. The second-order valence-electron chi connectivity index (χ2n) is 5.85. The van der Waals surface area contributed by atoms with Gasteiger partial charge in [-0.15, -0.1) is 0 Å². The van der Waals surface area contributed by atoms with Crippen LogP contribution in [0.25, 0.3) is 5.57 Å². The Morgan fingerprint density at radius 2 is 1.92 bits per heavy atom. The summed E-state index contributed by atoms with van der Waals surface area (Å²) in [6.45, 7) is 0. The Kier molecular flexibility index (Phi) is 4.65. The molecule has 1 unspecified atom stereocenters. The quantitative estimate of drug-likeness (QED) is 0.468. The van der Waals surface area contributed by atoms with Gasteiger partial charge in [0.2, 0.25) is 0 Å². The molecule has 0 spiro atoms. The molecule has 0 bridgehead atoms. The van der Waals surface area contributed by atoms with Gasteiger partial charge in [0, 0.05) is 0 Å². The lowest BCUT2D eigenvalue weighted by Crippen LogP contribution is -2.06. The summed E-state index contributed by atoms with van der Waals surface area (Å²) in [5.74, 6) is -0.135. The zero-order chi connectivity index (χ0) is 17.1. The number of hydrogen-bond donors (Lipinski definition) is 0. The SMILES string of the molecule is CO/C=C(/C(=O)OC)c1ccccc1[C@@H]1CC1c1cccc(F)c1. The van der Waals surface area contributed by atoms with E-state index in [1.165, 1.54) is 26.5 Å². The maximum absolute atomic E-state index is 13.5. The van der Waals surface area contributed by atoms with Crippen molar-refractivity contribution in [3.63, 3.8) is 0 Å². The van der Waals surface area contributed by atoms with Gasteiger partial charge in [-0.05, 0) is 47.1 Å². The van der Waals surface area contributed by atoms with Crippen molar-refractivity contribution in [2.24, 2.45) is 0 Å². The standard InChI is InChI=1S/C20H19FO3/c1-23-12-19(20(22)24-2)16-9-4-3-8-15(16)18-11-17(18)13-6-5-7-14(21)10-13/h3-10,12,17-18H,11H2,1-2H3/b19-12+/t17?,18-/m0/s1. The molecule has 2 aromatic carbocycles. The topological polar surface area (TPSA) is 35.5 Å². The molecule has 0 aromatic heterocycles. The van der Waals surface area contributed by atoms with Gasteiger partial charge in [0.1, 0.15) is 11.4 Å². The number of hydrogen-bond acceptors (Lipinski definition) is 3. The highest BCUT2D eigenvalue weighted by Gasteiger charge is 2.41. The summed E-state index contributed by atoms with van der Waals surface area (Å²) in [5.41, 5.74) is 3.24. The summed E-state index contributed by atoms with van der Waals surface area (Å²) in [5, 5.41) is 0. The molecule has 0 saturated heterocycles. The predicted octanol–water partition coefficient (Wildman–Crippen LogP) is 4.26. The van der Waals surface area contributed by atoms with E-state index < -0.39 is 5.97 Å². The molecule has 1 aliphatic rings. The first-order valence-electron chi connectivity index (χ1n) is 7.81. The minimum absolute atomic E-state index is 0.221. The van der Waals surface area contributed by atoms with Crippen molar-refractivity contribution in [1.29, 1.82) is 0 Å². The highest BCUT2D eigenvalue weighted by atomic mass is 19.1. The molecule has 1 saturated carbocycles. The van der Waals surface area contributed by atoms with Gasteiger partial charge in [0.25, 0.3) is 0 Å². The van der Waals surface area contributed by atoms with Crippen LogP contribution >= 0.6 is 0 Å². The highest BCUT2D eigenvalue weighted by Crippen LogP contribution is 2.56. The lowest BCUT2D eigenvalue weighted by atomic mass is 9.95. The smallest absolute Gasteiger partial charge is 0.341 e. The van der Waals surface area contributed by atoms with Crippen LogP contribution in [-0.2, 0) is 14.3 Å². The molecule has 4 heteroatoms. The number of methoxy groups -OCH3 is 2. The van der Waals surface area contributed by atoms with Gasteiger partial charge in [0.05, 0.1) is 20.5 Å². The molecule has 3 rings (SSSR count). The predicted molar refractivity (Wildman–Crippen MR) is 89.9 cm³/mol. The average molecular weight is 326 g/mol. The number of rotatable bonds is 5. The van der Waals surface area contributed by atoms with E-state index in [-0.39, 0.29) is 17.7 Å². The van der Waals surface area contributed by atoms with Crippen molar-refractivity contribution in [3.8, 4) is 0 Å². The molecular weight excluding hydrogens is 307 g/mol. The molecule has 2 atom stereocenters. The van der Waals surface area contributed by atoms with Crippen molar-refractivity contribution < 1.29 is 18.7 Å². The fourth-order valence-electron chi connectivity index (χ4n) is 3.16. The first kappa shape index (κ1) is 16.2. The third-order valence-corrected chi connectivity index (χ3v) is 4.36. The summed E-state index contributed by atoms with van der Waals surface area (Å²) in [6, 6.07) is 14.4. The van der Waals surface area contributed by atoms with Gasteiger partial charge in [0.15, 0.2) is 0 Å². The summed E-state index contributed by atoms with van der Waals surface area (Å²) >= 11 is 0. The molecule has 124 valence electrons. The minimum atomic E-state index is -0.438. The Labute approximate surface area is 140 Å². The van der Waals surface area contributed by atoms with Crippen LogP contribution in [0.4, 0.5) is 4.39 Å². The fourth-order valence-corrected chi connectivity index (χ4v) is 3.16. The zero-order valence-corrected chi connectivity index (χ0v) is 13.7. The second kappa shape index (κ2) is 6.87. The molecule has 1 aliphatic carbocycles. The van der Waals surface area contributed by atoms with E-state index in [0.717, 1.165) is 23.1 Å². The van der Waals surface area contributed by atoms with Crippen LogP contribution in [0.15, 0.2) is 54.8 Å². The van der Waals surface area contributed by atoms with Gasteiger partial charge in [-0.25, -0.2) is 9.18 Å². The number of benzene rings is 2. The van der Waals surface area contributed by atoms with Gasteiger partial charge in [-0.1, -0.05) is 36.4 Å². The Morgan fingerprint density at radius 1 is 1.12 bits per heavy atom. The van der Waals surface area contributed by atoms with Gasteiger partial charge in [-0.3, -0.25) is 0 Å². The lowest BCUT2D eigenvalue weighted by Gasteiger charge is -2.11. The Bertz CT molecular complexity index is 782. The summed E-state index contributed by atoms with van der Waals surface area (Å²) < 4.78 is 23.4. The van der Waals surface area contributed by atoms with Crippen molar-refractivity contribution >= 4 is 11.5 Å². The minimum Gasteiger partial charge on any atom is -0.503 e. The Balaban J connectivity index is 1.94. The van der Waals surface area contributed by atoms with E-state index in [2.05, 4.69) is 0 Å². The van der Waals surface area contributed by atoms with Crippen LogP contribution in [0.5, 0.6) is 0 Å². The number of carbonyl (C=O) groups excluding carboxylic acids is 1. The van der Waals surface area contributed by atoms with E-state index in [0.29, 0.717) is 5.57 Å². The van der Waals surface area contributed by atoms with Crippen molar-refractivity contribution in [2.75, 3.05) is 14.2 Å². The van der Waals surface area contributed by atoms with Gasteiger partial charge >= 0.3 is 5.97 Å². The summed E-state index contributed by atoms with van der Waals surface area (Å²) in [6.07, 6.45) is 2.34. The number of halogens is 1. The van der Waals surface area contributed by atoms with E-state index in [1.807, 2.05) is 30.3 Å². The van der Waals surface area contributed by atoms with Gasteiger partial charge in [-0.2, -0.15) is 0 Å². The van der Waals surface area contributed by atoms with Gasteiger partial charge < -0.3 is 9.47 Å². The molecule has 3 nitrogen and oxygen atoms in total. The van der Waals surface area contributed by atoms with E-state index in [4.69, 9.17) is 9.47 Å². The number of carbonyl (C=O) groups is 1. The normalized spacial score (nSPS) is 19.7. The Hall–Kier alpha value is -2.62. The maximum atomic E-state index is 13.5. The lowest BCUT2D eigenvalue weighted by molar-refractivity contribution is -0.133. The van der Waals surface area contributed by atoms with Crippen LogP contribution in [0.1, 0.15) is 34.9 Å². The van der Waals surface area contributed by atoms with E-state index in [1.54, 1.807) is 12.1 Å². The van der Waals surface area contributed by atoms with Crippen molar-refractivity contribution in [2.45, 2.75) is 18.3 Å². The van der Waals surface area contributed by atoms with Crippen LogP contribution in [-0.4, -0.2) is 20.2 Å². The molecule has 0 heterocycles. The zero-order valence-electron chi connectivity index (χ0n) is 13.7. The largest absolute Gasteiger partial charge is 0.503 e. The molecule has 2 aromatic rings. The van der Waals surface area contributed by atoms with Crippen LogP contribution < -0.4 is 0 Å². The molecule has 0 amide bonds. The van der Waals surface area contributed by atoms with Crippen LogP contribution in [0, 0.1) is 5.82 Å². The van der Waals surface area contributed by atoms with E-state index >= 15 is 0 Å². The average Bonchev–Trinajstić information content (AvgIpc) is 3.40. The van der Waals surface area contributed by atoms with Crippen molar-refractivity contribution in [1.82, 2.24) is 0 Å². The molecule has 1 fully saturated rings. The number of esters is 1. The third kappa shape index (κ3) is 3.18. The summed E-state index contributed by atoms with van der Waals surface area (Å²) in [4.78, 5) is 12.1. The first-order valence-corrected chi connectivity index (χ1v) is 7.81. The highest BCUT2D eigenvalue weighted by molar-refractivity contribution is 6.16. The van der Waals surface area contributed by atoms with Crippen molar-refractivity contribution in [3.05, 3.63) is 77.3 Å². The molecule has 24 heavy (non-hydrogen) atoms. The fraction of sp³-hybridized carbons (Fsp3) is 0.250. The Morgan fingerprint density at radius 3 is 2.62 bits per heavy atom. The van der Waals surface area contributed by atoms with Crippen LogP contribution in [0.2, 0.25) is 0 Å².